The van der Waals surface area contributed by atoms with Crippen LogP contribution < -0.4 is 0 Å². The largest absolute Gasteiger partial charge is 0.476 e. The number of nitrogens with zero attached hydrogens (tertiary/aromatic N) is 3. The van der Waals surface area contributed by atoms with Gasteiger partial charge in [0.1, 0.15) is 5.69 Å². The van der Waals surface area contributed by atoms with Gasteiger partial charge in [-0.15, -0.1) is 0 Å². The second-order valence-corrected chi connectivity index (χ2v) is 4.74. The van der Waals surface area contributed by atoms with E-state index in [0.717, 1.165) is 0 Å². The lowest BCUT2D eigenvalue weighted by Gasteiger charge is -2.17. The maximum Gasteiger partial charge on any atom is 0.356 e. The van der Waals surface area contributed by atoms with Crippen molar-refractivity contribution >= 4 is 11.8 Å². The van der Waals surface area contributed by atoms with E-state index in [1.165, 1.54) is 4.68 Å². The van der Waals surface area contributed by atoms with Crippen LogP contribution in [0.4, 0.5) is 0 Å². The number of hydrogen-bond donors (Lipinski definition) is 1. The summed E-state index contributed by atoms with van der Waals surface area (Å²) in [4.78, 5) is 25.4. The number of aromatic nitrogens is 2. The molecular formula is C13H17N3O3. The summed E-state index contributed by atoms with van der Waals surface area (Å²) in [6.07, 6.45) is 2.89. The van der Waals surface area contributed by atoms with E-state index in [1.807, 2.05) is 25.9 Å². The first-order valence-corrected chi connectivity index (χ1v) is 6.20. The number of allylic oxidation sites excluding steroid dienone is 1. The molecule has 0 unspecified atom stereocenters. The van der Waals surface area contributed by atoms with Gasteiger partial charge >= 0.3 is 5.97 Å². The Hall–Kier alpha value is -2.11. The molecule has 0 fully saturated rings. The molecule has 0 amide bonds. The van der Waals surface area contributed by atoms with Gasteiger partial charge in [0, 0.05) is 38.0 Å². The van der Waals surface area contributed by atoms with Crippen LogP contribution in [0.2, 0.25) is 0 Å². The summed E-state index contributed by atoms with van der Waals surface area (Å²) < 4.78 is 1.49. The van der Waals surface area contributed by atoms with Gasteiger partial charge in [0.15, 0.2) is 5.69 Å². The van der Waals surface area contributed by atoms with Gasteiger partial charge < -0.3 is 10.0 Å². The third kappa shape index (κ3) is 2.25. The number of carbonyl (C=O) groups is 2. The topological polar surface area (TPSA) is 75.4 Å². The molecule has 0 aromatic carbocycles. The molecule has 2 rings (SSSR count). The highest BCUT2D eigenvalue weighted by atomic mass is 16.4. The molecule has 0 aliphatic heterocycles. The van der Waals surface area contributed by atoms with Gasteiger partial charge in [0.25, 0.3) is 0 Å². The molecule has 1 N–H and O–H groups in total. The van der Waals surface area contributed by atoms with Gasteiger partial charge in [-0.25, -0.2) is 4.79 Å². The van der Waals surface area contributed by atoms with Gasteiger partial charge in [-0.2, -0.15) is 5.10 Å². The van der Waals surface area contributed by atoms with E-state index in [2.05, 4.69) is 5.10 Å². The van der Waals surface area contributed by atoms with Crippen molar-refractivity contribution in [3.8, 4) is 0 Å². The number of carboxylic acids is 1. The van der Waals surface area contributed by atoms with Crippen molar-refractivity contribution in [2.45, 2.75) is 26.3 Å². The number of fused-ring (bicyclic) bond motifs is 1. The molecule has 1 aromatic heterocycles. The van der Waals surface area contributed by atoms with Crippen molar-refractivity contribution in [1.29, 1.82) is 0 Å². The number of carbonyl (C=O) groups excluding carboxylic acids is 1. The van der Waals surface area contributed by atoms with Gasteiger partial charge in [0.05, 0.1) is 0 Å². The Morgan fingerprint density at radius 2 is 2.16 bits per heavy atom. The Balaban J connectivity index is 2.55. The second kappa shape index (κ2) is 4.87. The molecule has 1 aliphatic carbocycles. The zero-order valence-electron chi connectivity index (χ0n) is 11.3. The van der Waals surface area contributed by atoms with Crippen molar-refractivity contribution in [2.75, 3.05) is 14.1 Å². The molecule has 1 aliphatic rings. The van der Waals surface area contributed by atoms with E-state index < -0.39 is 5.97 Å². The summed E-state index contributed by atoms with van der Waals surface area (Å²) in [6.45, 7) is 2.33. The molecule has 0 spiro atoms. The van der Waals surface area contributed by atoms with Crippen molar-refractivity contribution in [3.63, 3.8) is 0 Å². The molecule has 19 heavy (non-hydrogen) atoms. The molecule has 102 valence electrons. The van der Waals surface area contributed by atoms with Crippen LogP contribution in [0.5, 0.6) is 0 Å². The zero-order chi connectivity index (χ0) is 14.2. The van der Waals surface area contributed by atoms with Gasteiger partial charge in [-0.05, 0) is 19.8 Å². The lowest BCUT2D eigenvalue weighted by molar-refractivity contribution is 0.0688. The Labute approximate surface area is 111 Å². The lowest BCUT2D eigenvalue weighted by Crippen LogP contribution is -2.20. The number of ketones is 1. The van der Waals surface area contributed by atoms with Crippen molar-refractivity contribution in [1.82, 2.24) is 14.7 Å². The summed E-state index contributed by atoms with van der Waals surface area (Å²) in [5, 5.41) is 13.2. The summed E-state index contributed by atoms with van der Waals surface area (Å²) >= 11 is 0. The molecular weight excluding hydrogens is 246 g/mol. The summed E-state index contributed by atoms with van der Waals surface area (Å²) in [5.41, 5.74) is 1.70. The van der Waals surface area contributed by atoms with E-state index in [9.17, 15) is 9.59 Å². The lowest BCUT2D eigenvalue weighted by atomic mass is 9.90. The Bertz CT molecular complexity index is 570. The second-order valence-electron chi connectivity index (χ2n) is 4.74. The molecule has 0 bridgehead atoms. The Morgan fingerprint density at radius 1 is 1.47 bits per heavy atom. The third-order valence-electron chi connectivity index (χ3n) is 3.12. The SMILES string of the molecule is CCn1nc(C(=O)O)c2c1C(=O)C(=CN(C)C)CC2. The van der Waals surface area contributed by atoms with E-state index >= 15 is 0 Å². The highest BCUT2D eigenvalue weighted by molar-refractivity contribution is 6.11. The number of rotatable bonds is 3. The van der Waals surface area contributed by atoms with Crippen LogP contribution in [0.3, 0.4) is 0 Å². The molecule has 6 nitrogen and oxygen atoms in total. The van der Waals surface area contributed by atoms with Gasteiger partial charge in [-0.3, -0.25) is 9.48 Å². The van der Waals surface area contributed by atoms with Crippen LogP contribution in [0.15, 0.2) is 11.8 Å². The first kappa shape index (κ1) is 13.3. The van der Waals surface area contributed by atoms with Crippen LogP contribution in [-0.2, 0) is 13.0 Å². The average Bonchev–Trinajstić information content (AvgIpc) is 2.71. The maximum absolute atomic E-state index is 12.4. The predicted molar refractivity (Wildman–Crippen MR) is 69.3 cm³/mol. The molecule has 0 saturated carbocycles. The van der Waals surface area contributed by atoms with Crippen LogP contribution >= 0.6 is 0 Å². The standard InChI is InChI=1S/C13H17N3O3/c1-4-16-11-9(10(14-16)13(18)19)6-5-8(12(11)17)7-15(2)3/h7H,4-6H2,1-3H3,(H,18,19). The van der Waals surface area contributed by atoms with Crippen molar-refractivity contribution in [2.24, 2.45) is 0 Å². The average molecular weight is 263 g/mol. The van der Waals surface area contributed by atoms with Crippen LogP contribution in [0.1, 0.15) is 39.9 Å². The van der Waals surface area contributed by atoms with Crippen LogP contribution in [-0.4, -0.2) is 45.6 Å². The first-order chi connectivity index (χ1) is 8.95. The summed E-state index contributed by atoms with van der Waals surface area (Å²) in [5.74, 6) is -1.19. The van der Waals surface area contributed by atoms with E-state index in [1.54, 1.807) is 6.20 Å². The number of Topliss-reactive ketones (excluding diaryl/α,β-unsaturated/α-hetero) is 1. The fraction of sp³-hybridized carbons (Fsp3) is 0.462. The molecule has 1 heterocycles. The highest BCUT2D eigenvalue weighted by Gasteiger charge is 2.31. The number of aromatic carboxylic acids is 1. The third-order valence-corrected chi connectivity index (χ3v) is 3.12. The zero-order valence-corrected chi connectivity index (χ0v) is 11.3. The summed E-state index contributed by atoms with van der Waals surface area (Å²) in [6, 6.07) is 0. The minimum atomic E-state index is -1.07. The Morgan fingerprint density at radius 3 is 2.68 bits per heavy atom. The monoisotopic (exact) mass is 263 g/mol. The molecule has 1 aromatic rings. The minimum Gasteiger partial charge on any atom is -0.476 e. The van der Waals surface area contributed by atoms with E-state index in [4.69, 9.17) is 5.11 Å². The first-order valence-electron chi connectivity index (χ1n) is 6.20. The highest BCUT2D eigenvalue weighted by Crippen LogP contribution is 2.28. The van der Waals surface area contributed by atoms with Crippen molar-refractivity contribution in [3.05, 3.63) is 28.7 Å². The number of hydrogen-bond acceptors (Lipinski definition) is 4. The predicted octanol–water partition coefficient (Wildman–Crippen LogP) is 1.18. The smallest absolute Gasteiger partial charge is 0.356 e. The fourth-order valence-corrected chi connectivity index (χ4v) is 2.35. The summed E-state index contributed by atoms with van der Waals surface area (Å²) in [7, 11) is 3.71. The van der Waals surface area contributed by atoms with Gasteiger partial charge in [-0.1, -0.05) is 0 Å². The Kier molecular flexibility index (Phi) is 3.42. The number of carboxylic acid groups (broad SMARTS) is 1. The minimum absolute atomic E-state index is 0.00843. The van der Waals surface area contributed by atoms with Crippen LogP contribution in [0.25, 0.3) is 0 Å². The fourth-order valence-electron chi connectivity index (χ4n) is 2.35. The normalized spacial score (nSPS) is 16.6. The molecule has 0 atom stereocenters. The van der Waals surface area contributed by atoms with E-state index in [-0.39, 0.29) is 11.5 Å². The maximum atomic E-state index is 12.4. The number of aryl methyl sites for hydroxylation is 1. The molecule has 0 saturated heterocycles. The van der Waals surface area contributed by atoms with Crippen molar-refractivity contribution < 1.29 is 14.7 Å². The van der Waals surface area contributed by atoms with Gasteiger partial charge in [0.2, 0.25) is 5.78 Å². The van der Waals surface area contributed by atoms with Crippen LogP contribution in [0, 0.1) is 0 Å². The van der Waals surface area contributed by atoms with E-state index in [0.29, 0.717) is 36.2 Å². The molecule has 6 heteroatoms. The molecule has 0 radical (unpaired) electrons. The quantitative estimate of drug-likeness (QED) is 0.829.